The molecule has 0 aliphatic carbocycles. The van der Waals surface area contributed by atoms with Gasteiger partial charge in [0.15, 0.2) is 0 Å². The van der Waals surface area contributed by atoms with Gasteiger partial charge in [0.2, 0.25) is 0 Å². The molecule has 0 N–H and O–H groups in total. The fourth-order valence-corrected chi connectivity index (χ4v) is 2.91. The minimum atomic E-state index is 0.417. The molecule has 2 heterocycles. The normalized spacial score (nSPS) is 31.6. The van der Waals surface area contributed by atoms with Gasteiger partial charge in [-0.3, -0.25) is 9.80 Å². The molecule has 0 radical (unpaired) electrons. The molecule has 2 nitrogen and oxygen atoms in total. The lowest BCUT2D eigenvalue weighted by atomic mass is 9.86. The van der Waals surface area contributed by atoms with Crippen LogP contribution in [0.4, 0.5) is 0 Å². The molecule has 0 amide bonds. The summed E-state index contributed by atoms with van der Waals surface area (Å²) in [6.45, 7) is 14.7. The Bertz CT molecular complexity index is 219. The molecule has 88 valence electrons. The topological polar surface area (TPSA) is 6.48 Å². The third-order valence-electron chi connectivity index (χ3n) is 4.42. The second-order valence-electron chi connectivity index (χ2n) is 6.37. The lowest BCUT2D eigenvalue weighted by Gasteiger charge is -2.44. The van der Waals surface area contributed by atoms with Crippen LogP contribution < -0.4 is 0 Å². The van der Waals surface area contributed by atoms with Crippen LogP contribution in [0, 0.1) is 5.41 Å². The van der Waals surface area contributed by atoms with Crippen LogP contribution in [-0.2, 0) is 0 Å². The molecule has 0 spiro atoms. The van der Waals surface area contributed by atoms with E-state index < -0.39 is 0 Å². The van der Waals surface area contributed by atoms with Gasteiger partial charge in [-0.1, -0.05) is 20.8 Å². The molecular weight excluding hydrogens is 184 g/mol. The van der Waals surface area contributed by atoms with Crippen LogP contribution in [-0.4, -0.2) is 48.1 Å². The zero-order valence-corrected chi connectivity index (χ0v) is 10.8. The molecule has 0 bridgehead atoms. The van der Waals surface area contributed by atoms with Crippen LogP contribution >= 0.6 is 0 Å². The SMILES string of the molecule is CC(N1CCN2CCCC2C1)C(C)(C)C. The fraction of sp³-hybridized carbons (Fsp3) is 1.00. The first-order valence-electron chi connectivity index (χ1n) is 6.46. The third-order valence-corrected chi connectivity index (χ3v) is 4.42. The van der Waals surface area contributed by atoms with E-state index in [9.17, 15) is 0 Å². The maximum Gasteiger partial charge on any atom is 0.0224 e. The van der Waals surface area contributed by atoms with Gasteiger partial charge in [0.1, 0.15) is 0 Å². The molecule has 2 fully saturated rings. The molecule has 2 aliphatic heterocycles. The van der Waals surface area contributed by atoms with Gasteiger partial charge in [0.25, 0.3) is 0 Å². The number of piperazine rings is 1. The van der Waals surface area contributed by atoms with Gasteiger partial charge in [-0.15, -0.1) is 0 Å². The van der Waals surface area contributed by atoms with Crippen LogP contribution in [0.2, 0.25) is 0 Å². The quantitative estimate of drug-likeness (QED) is 0.654. The summed E-state index contributed by atoms with van der Waals surface area (Å²) < 4.78 is 0. The summed E-state index contributed by atoms with van der Waals surface area (Å²) in [5.41, 5.74) is 0.417. The van der Waals surface area contributed by atoms with Crippen molar-refractivity contribution in [3.05, 3.63) is 0 Å². The summed E-state index contributed by atoms with van der Waals surface area (Å²) in [5, 5.41) is 0. The number of rotatable bonds is 1. The summed E-state index contributed by atoms with van der Waals surface area (Å²) in [4.78, 5) is 5.39. The molecule has 2 heteroatoms. The van der Waals surface area contributed by atoms with Crippen molar-refractivity contribution in [1.29, 1.82) is 0 Å². The predicted molar refractivity (Wildman–Crippen MR) is 65.1 cm³/mol. The first-order valence-corrected chi connectivity index (χ1v) is 6.46. The third kappa shape index (κ3) is 2.36. The molecule has 15 heavy (non-hydrogen) atoms. The molecule has 2 aliphatic rings. The van der Waals surface area contributed by atoms with Gasteiger partial charge in [-0.05, 0) is 31.7 Å². The Morgan fingerprint density at radius 1 is 1.13 bits per heavy atom. The van der Waals surface area contributed by atoms with Crippen molar-refractivity contribution in [2.75, 3.05) is 26.2 Å². The van der Waals surface area contributed by atoms with Gasteiger partial charge in [-0.2, -0.15) is 0 Å². The Labute approximate surface area is 94.6 Å². The Morgan fingerprint density at radius 3 is 2.53 bits per heavy atom. The molecule has 2 unspecified atom stereocenters. The van der Waals surface area contributed by atoms with Gasteiger partial charge < -0.3 is 0 Å². The van der Waals surface area contributed by atoms with Gasteiger partial charge in [0.05, 0.1) is 0 Å². The van der Waals surface area contributed by atoms with Gasteiger partial charge in [0, 0.05) is 31.7 Å². The van der Waals surface area contributed by atoms with E-state index in [1.54, 1.807) is 0 Å². The Balaban J connectivity index is 1.95. The van der Waals surface area contributed by atoms with E-state index in [1.165, 1.54) is 39.0 Å². The highest BCUT2D eigenvalue weighted by Gasteiger charge is 2.35. The van der Waals surface area contributed by atoms with E-state index in [0.29, 0.717) is 11.5 Å². The van der Waals surface area contributed by atoms with Crippen molar-refractivity contribution in [3.63, 3.8) is 0 Å². The average Bonchev–Trinajstić information content (AvgIpc) is 2.61. The smallest absolute Gasteiger partial charge is 0.0224 e. The second kappa shape index (κ2) is 4.06. The summed E-state index contributed by atoms with van der Waals surface area (Å²) in [7, 11) is 0. The maximum atomic E-state index is 2.70. The fourth-order valence-electron chi connectivity index (χ4n) is 2.91. The van der Waals surface area contributed by atoms with Crippen molar-refractivity contribution < 1.29 is 0 Å². The van der Waals surface area contributed by atoms with E-state index in [-0.39, 0.29) is 0 Å². The van der Waals surface area contributed by atoms with Crippen LogP contribution in [0.3, 0.4) is 0 Å². The number of nitrogens with zero attached hydrogens (tertiary/aromatic N) is 2. The molecule has 0 aromatic rings. The van der Waals surface area contributed by atoms with Gasteiger partial charge >= 0.3 is 0 Å². The molecule has 0 aromatic carbocycles. The monoisotopic (exact) mass is 210 g/mol. The predicted octanol–water partition coefficient (Wildman–Crippen LogP) is 2.20. The molecule has 2 atom stereocenters. The van der Waals surface area contributed by atoms with E-state index in [0.717, 1.165) is 6.04 Å². The zero-order valence-electron chi connectivity index (χ0n) is 10.8. The zero-order chi connectivity index (χ0) is 11.1. The molecule has 0 aromatic heterocycles. The van der Waals surface area contributed by atoms with Crippen LogP contribution in [0.25, 0.3) is 0 Å². The van der Waals surface area contributed by atoms with E-state index in [2.05, 4.69) is 37.5 Å². The molecule has 2 rings (SSSR count). The minimum absolute atomic E-state index is 0.417. The van der Waals surface area contributed by atoms with Crippen molar-refractivity contribution in [1.82, 2.24) is 9.80 Å². The summed E-state index contributed by atoms with van der Waals surface area (Å²) in [5.74, 6) is 0. The molecular formula is C13H26N2. The highest BCUT2D eigenvalue weighted by atomic mass is 15.3. The Morgan fingerprint density at radius 2 is 1.87 bits per heavy atom. The first kappa shape index (κ1) is 11.4. The number of hydrogen-bond donors (Lipinski definition) is 0. The number of fused-ring (bicyclic) bond motifs is 1. The van der Waals surface area contributed by atoms with E-state index in [1.807, 2.05) is 0 Å². The highest BCUT2D eigenvalue weighted by Crippen LogP contribution is 2.28. The first-order chi connectivity index (χ1) is 6.98. The Hall–Kier alpha value is -0.0800. The lowest BCUT2D eigenvalue weighted by Crippen LogP contribution is -2.55. The van der Waals surface area contributed by atoms with Crippen LogP contribution in [0.1, 0.15) is 40.5 Å². The molecule has 2 saturated heterocycles. The van der Waals surface area contributed by atoms with E-state index >= 15 is 0 Å². The summed E-state index contributed by atoms with van der Waals surface area (Å²) in [6.07, 6.45) is 2.84. The maximum absolute atomic E-state index is 2.70. The summed E-state index contributed by atoms with van der Waals surface area (Å²) in [6, 6.07) is 1.57. The van der Waals surface area contributed by atoms with E-state index in [4.69, 9.17) is 0 Å². The van der Waals surface area contributed by atoms with Crippen molar-refractivity contribution >= 4 is 0 Å². The van der Waals surface area contributed by atoms with Crippen molar-refractivity contribution in [2.45, 2.75) is 52.6 Å². The van der Waals surface area contributed by atoms with Crippen molar-refractivity contribution in [2.24, 2.45) is 5.41 Å². The Kier molecular flexibility index (Phi) is 3.09. The second-order valence-corrected chi connectivity index (χ2v) is 6.37. The van der Waals surface area contributed by atoms with Gasteiger partial charge in [-0.25, -0.2) is 0 Å². The highest BCUT2D eigenvalue weighted by molar-refractivity contribution is 4.90. The van der Waals surface area contributed by atoms with Crippen LogP contribution in [0.15, 0.2) is 0 Å². The largest absolute Gasteiger partial charge is 0.298 e. The average molecular weight is 210 g/mol. The van der Waals surface area contributed by atoms with Crippen molar-refractivity contribution in [3.8, 4) is 0 Å². The van der Waals surface area contributed by atoms with Crippen LogP contribution in [0.5, 0.6) is 0 Å². The lowest BCUT2D eigenvalue weighted by molar-refractivity contribution is 0.0365. The minimum Gasteiger partial charge on any atom is -0.298 e. The number of hydrogen-bond acceptors (Lipinski definition) is 2. The standard InChI is InChI=1S/C13H26N2/c1-11(13(2,3)4)15-9-8-14-7-5-6-12(14)10-15/h11-12H,5-10H2,1-4H3. The summed E-state index contributed by atoms with van der Waals surface area (Å²) >= 11 is 0. The molecule has 0 saturated carbocycles.